The van der Waals surface area contributed by atoms with Crippen LogP contribution in [0.1, 0.15) is 38.1 Å². The van der Waals surface area contributed by atoms with E-state index in [4.69, 9.17) is 10.3 Å². The molecule has 0 spiro atoms. The molecule has 0 fully saturated rings. The van der Waals surface area contributed by atoms with Crippen molar-refractivity contribution in [1.29, 1.82) is 0 Å². The number of aromatic nitrogens is 3. The second-order valence-corrected chi connectivity index (χ2v) is 4.47. The molecule has 2 atom stereocenters. The molecule has 0 aliphatic heterocycles. The summed E-state index contributed by atoms with van der Waals surface area (Å²) in [4.78, 5) is 8.71. The van der Waals surface area contributed by atoms with Crippen LogP contribution in [-0.2, 0) is 6.42 Å². The normalized spacial score (nSPS) is 14.4. The molecule has 0 aliphatic rings. The van der Waals surface area contributed by atoms with E-state index < -0.39 is 0 Å². The molecular formula is C13H18N4O. The van der Waals surface area contributed by atoms with Gasteiger partial charge < -0.3 is 10.3 Å². The Labute approximate surface area is 106 Å². The summed E-state index contributed by atoms with van der Waals surface area (Å²) in [5.41, 5.74) is 7.72. The largest absolute Gasteiger partial charge is 0.339 e. The zero-order chi connectivity index (χ0) is 13.1. The third kappa shape index (κ3) is 2.41. The summed E-state index contributed by atoms with van der Waals surface area (Å²) in [6.07, 6.45) is 2.62. The first-order valence-electron chi connectivity index (χ1n) is 6.17. The van der Waals surface area contributed by atoms with Gasteiger partial charge in [0.25, 0.3) is 0 Å². The van der Waals surface area contributed by atoms with Crippen LogP contribution in [0.25, 0.3) is 11.5 Å². The summed E-state index contributed by atoms with van der Waals surface area (Å²) in [7, 11) is 0. The Morgan fingerprint density at radius 2 is 2.17 bits per heavy atom. The monoisotopic (exact) mass is 246 g/mol. The highest BCUT2D eigenvalue weighted by Crippen LogP contribution is 2.22. The summed E-state index contributed by atoms with van der Waals surface area (Å²) in [6, 6.07) is 3.91. The smallest absolute Gasteiger partial charge is 0.231 e. The maximum atomic E-state index is 5.83. The van der Waals surface area contributed by atoms with Crippen LogP contribution in [0.4, 0.5) is 0 Å². The summed E-state index contributed by atoms with van der Waals surface area (Å²) in [5, 5.41) is 3.99. The van der Waals surface area contributed by atoms with Gasteiger partial charge in [-0.2, -0.15) is 4.98 Å². The average molecular weight is 246 g/mol. The Hall–Kier alpha value is -1.75. The van der Waals surface area contributed by atoms with E-state index in [0.717, 1.165) is 17.7 Å². The minimum absolute atomic E-state index is 0.0207. The highest BCUT2D eigenvalue weighted by molar-refractivity contribution is 5.53. The fourth-order valence-electron chi connectivity index (χ4n) is 1.67. The lowest BCUT2D eigenvalue weighted by Gasteiger charge is -2.09. The molecule has 2 aromatic heterocycles. The van der Waals surface area contributed by atoms with Crippen LogP contribution >= 0.6 is 0 Å². The quantitative estimate of drug-likeness (QED) is 0.894. The number of hydrogen-bond acceptors (Lipinski definition) is 5. The number of pyridine rings is 1. The lowest BCUT2D eigenvalue weighted by Crippen LogP contribution is -2.22. The van der Waals surface area contributed by atoms with Gasteiger partial charge in [0.1, 0.15) is 5.69 Å². The van der Waals surface area contributed by atoms with Gasteiger partial charge in [0, 0.05) is 12.2 Å². The van der Waals surface area contributed by atoms with E-state index in [0.29, 0.717) is 11.7 Å². The van der Waals surface area contributed by atoms with Crippen LogP contribution in [0.3, 0.4) is 0 Å². The first kappa shape index (κ1) is 12.7. The Kier molecular flexibility index (Phi) is 3.72. The predicted molar refractivity (Wildman–Crippen MR) is 69.0 cm³/mol. The van der Waals surface area contributed by atoms with Gasteiger partial charge in [0.2, 0.25) is 11.7 Å². The fourth-order valence-corrected chi connectivity index (χ4v) is 1.67. The highest BCUT2D eigenvalue weighted by Gasteiger charge is 2.19. The van der Waals surface area contributed by atoms with E-state index in [2.05, 4.69) is 22.0 Å². The van der Waals surface area contributed by atoms with Gasteiger partial charge in [-0.1, -0.05) is 25.1 Å². The maximum Gasteiger partial charge on any atom is 0.231 e. The van der Waals surface area contributed by atoms with Gasteiger partial charge in [-0.3, -0.25) is 4.98 Å². The van der Waals surface area contributed by atoms with Crippen molar-refractivity contribution in [3.05, 3.63) is 29.8 Å². The molecule has 0 bridgehead atoms. The number of aryl methyl sites for hydroxylation is 1. The molecule has 2 rings (SSSR count). The van der Waals surface area contributed by atoms with E-state index in [1.807, 2.05) is 26.0 Å². The second kappa shape index (κ2) is 5.27. The number of nitrogens with two attached hydrogens (primary N) is 1. The Morgan fingerprint density at radius 3 is 2.83 bits per heavy atom. The van der Waals surface area contributed by atoms with Crippen molar-refractivity contribution in [1.82, 2.24) is 15.1 Å². The molecule has 0 aromatic carbocycles. The molecule has 2 aromatic rings. The standard InChI is InChI=1S/C13H18N4O/c1-4-10-6-5-7-15-11(10)12-16-13(18-17-12)8(2)9(3)14/h5-9H,4,14H2,1-3H3. The van der Waals surface area contributed by atoms with Crippen molar-refractivity contribution in [2.75, 3.05) is 0 Å². The molecule has 96 valence electrons. The van der Waals surface area contributed by atoms with Crippen LogP contribution in [0, 0.1) is 0 Å². The van der Waals surface area contributed by atoms with Crippen LogP contribution in [0.2, 0.25) is 0 Å². The van der Waals surface area contributed by atoms with E-state index in [1.54, 1.807) is 6.20 Å². The van der Waals surface area contributed by atoms with Crippen molar-refractivity contribution in [3.63, 3.8) is 0 Å². The van der Waals surface area contributed by atoms with Gasteiger partial charge in [-0.25, -0.2) is 0 Å². The first-order chi connectivity index (χ1) is 8.63. The number of hydrogen-bond donors (Lipinski definition) is 1. The summed E-state index contributed by atoms with van der Waals surface area (Å²) >= 11 is 0. The molecule has 5 heteroatoms. The highest BCUT2D eigenvalue weighted by atomic mass is 16.5. The molecule has 0 amide bonds. The minimum atomic E-state index is -0.0207. The van der Waals surface area contributed by atoms with Crippen LogP contribution < -0.4 is 5.73 Å². The average Bonchev–Trinajstić information content (AvgIpc) is 2.87. The molecular weight excluding hydrogens is 228 g/mol. The molecule has 0 saturated carbocycles. The second-order valence-electron chi connectivity index (χ2n) is 4.47. The first-order valence-corrected chi connectivity index (χ1v) is 6.17. The van der Waals surface area contributed by atoms with Crippen molar-refractivity contribution < 1.29 is 4.52 Å². The van der Waals surface area contributed by atoms with Crippen molar-refractivity contribution in [2.24, 2.45) is 5.73 Å². The van der Waals surface area contributed by atoms with E-state index in [1.165, 1.54) is 0 Å². The van der Waals surface area contributed by atoms with E-state index in [9.17, 15) is 0 Å². The van der Waals surface area contributed by atoms with Crippen LogP contribution in [0.5, 0.6) is 0 Å². The number of nitrogens with zero attached hydrogens (tertiary/aromatic N) is 3. The van der Waals surface area contributed by atoms with Gasteiger partial charge in [-0.05, 0) is 25.0 Å². The topological polar surface area (TPSA) is 77.8 Å². The molecule has 18 heavy (non-hydrogen) atoms. The molecule has 2 heterocycles. The zero-order valence-electron chi connectivity index (χ0n) is 10.9. The van der Waals surface area contributed by atoms with Gasteiger partial charge in [0.05, 0.1) is 5.92 Å². The SMILES string of the molecule is CCc1cccnc1-c1noc(C(C)C(C)N)n1. The Balaban J connectivity index is 2.35. The van der Waals surface area contributed by atoms with Gasteiger partial charge in [0.15, 0.2) is 0 Å². The van der Waals surface area contributed by atoms with Crippen molar-refractivity contribution >= 4 is 0 Å². The van der Waals surface area contributed by atoms with E-state index >= 15 is 0 Å². The summed E-state index contributed by atoms with van der Waals surface area (Å²) < 4.78 is 5.26. The van der Waals surface area contributed by atoms with Crippen molar-refractivity contribution in [2.45, 2.75) is 39.2 Å². The molecule has 2 N–H and O–H groups in total. The van der Waals surface area contributed by atoms with Gasteiger partial charge in [-0.15, -0.1) is 0 Å². The van der Waals surface area contributed by atoms with Crippen LogP contribution in [-0.4, -0.2) is 21.2 Å². The van der Waals surface area contributed by atoms with E-state index in [-0.39, 0.29) is 12.0 Å². The predicted octanol–water partition coefficient (Wildman–Crippen LogP) is 2.14. The molecule has 0 aliphatic carbocycles. The number of rotatable bonds is 4. The Bertz CT molecular complexity index is 521. The molecule has 2 unspecified atom stereocenters. The Morgan fingerprint density at radius 1 is 1.39 bits per heavy atom. The summed E-state index contributed by atoms with van der Waals surface area (Å²) in [6.45, 7) is 5.97. The molecule has 0 radical (unpaired) electrons. The molecule has 5 nitrogen and oxygen atoms in total. The lowest BCUT2D eigenvalue weighted by atomic mass is 10.1. The maximum absolute atomic E-state index is 5.83. The third-order valence-electron chi connectivity index (χ3n) is 3.10. The van der Waals surface area contributed by atoms with Crippen LogP contribution in [0.15, 0.2) is 22.9 Å². The third-order valence-corrected chi connectivity index (χ3v) is 3.10. The lowest BCUT2D eigenvalue weighted by molar-refractivity contribution is 0.346. The summed E-state index contributed by atoms with van der Waals surface area (Å²) in [5.74, 6) is 1.14. The zero-order valence-corrected chi connectivity index (χ0v) is 10.9. The minimum Gasteiger partial charge on any atom is -0.339 e. The molecule has 0 saturated heterocycles. The fraction of sp³-hybridized carbons (Fsp3) is 0.462. The van der Waals surface area contributed by atoms with Gasteiger partial charge >= 0.3 is 0 Å². The van der Waals surface area contributed by atoms with Crippen molar-refractivity contribution in [3.8, 4) is 11.5 Å².